The standard InChI is InChI=1S/C25H30N4O5S/c1-17-5-8-21(9-6-17)29-20(4)24(31)28(25(29)32)16-23(30)26-11-13-27(14-12-26)35(33,34)22-10-7-18(2)19(3)15-22/h5-10,15,20H,11-14,16H2,1-4H3. The van der Waals surface area contributed by atoms with Crippen molar-refractivity contribution < 1.29 is 22.8 Å². The Bertz CT molecular complexity index is 1270. The lowest BCUT2D eigenvalue weighted by molar-refractivity contribution is -0.137. The van der Waals surface area contributed by atoms with Gasteiger partial charge in [0.15, 0.2) is 0 Å². The van der Waals surface area contributed by atoms with Crippen LogP contribution < -0.4 is 4.90 Å². The van der Waals surface area contributed by atoms with E-state index in [0.717, 1.165) is 21.6 Å². The van der Waals surface area contributed by atoms with Gasteiger partial charge in [-0.1, -0.05) is 23.8 Å². The predicted molar refractivity (Wildman–Crippen MR) is 131 cm³/mol. The molecule has 35 heavy (non-hydrogen) atoms. The Balaban J connectivity index is 1.40. The van der Waals surface area contributed by atoms with Crippen molar-refractivity contribution in [2.45, 2.75) is 38.6 Å². The second-order valence-electron chi connectivity index (χ2n) is 9.12. The molecule has 10 heteroatoms. The van der Waals surface area contributed by atoms with Gasteiger partial charge in [-0.05, 0) is 63.1 Å². The minimum Gasteiger partial charge on any atom is -0.338 e. The van der Waals surface area contributed by atoms with Gasteiger partial charge in [0.1, 0.15) is 12.6 Å². The van der Waals surface area contributed by atoms with Gasteiger partial charge in [0, 0.05) is 31.9 Å². The van der Waals surface area contributed by atoms with Crippen LogP contribution in [0.1, 0.15) is 23.6 Å². The van der Waals surface area contributed by atoms with E-state index in [1.807, 2.05) is 32.9 Å². The molecule has 2 aliphatic rings. The minimum absolute atomic E-state index is 0.148. The first-order chi connectivity index (χ1) is 16.5. The number of sulfonamides is 1. The van der Waals surface area contributed by atoms with E-state index < -0.39 is 28.0 Å². The summed E-state index contributed by atoms with van der Waals surface area (Å²) in [6.07, 6.45) is 0. The summed E-state index contributed by atoms with van der Waals surface area (Å²) in [7, 11) is -3.67. The number of amides is 4. The first-order valence-corrected chi connectivity index (χ1v) is 13.0. The maximum atomic E-state index is 13.0. The van der Waals surface area contributed by atoms with Gasteiger partial charge >= 0.3 is 6.03 Å². The molecule has 2 heterocycles. The first kappa shape index (κ1) is 24.9. The number of piperazine rings is 1. The summed E-state index contributed by atoms with van der Waals surface area (Å²) in [5.74, 6) is -0.812. The van der Waals surface area contributed by atoms with Crippen LogP contribution in [-0.4, -0.2) is 79.1 Å². The Morgan fingerprint density at radius 1 is 0.914 bits per heavy atom. The molecule has 0 saturated carbocycles. The van der Waals surface area contributed by atoms with Crippen molar-refractivity contribution in [3.05, 3.63) is 59.2 Å². The number of carbonyl (C=O) groups excluding carboxylic acids is 3. The van der Waals surface area contributed by atoms with Crippen LogP contribution in [-0.2, 0) is 19.6 Å². The topological polar surface area (TPSA) is 98.3 Å². The molecule has 0 bridgehead atoms. The van der Waals surface area contributed by atoms with Gasteiger partial charge in [0.2, 0.25) is 15.9 Å². The van der Waals surface area contributed by atoms with Crippen molar-refractivity contribution in [1.29, 1.82) is 0 Å². The van der Waals surface area contributed by atoms with Gasteiger partial charge in [-0.2, -0.15) is 4.31 Å². The lowest BCUT2D eigenvalue weighted by Gasteiger charge is -2.34. The van der Waals surface area contributed by atoms with Crippen LogP contribution in [0, 0.1) is 20.8 Å². The Labute approximate surface area is 206 Å². The first-order valence-electron chi connectivity index (χ1n) is 11.6. The lowest BCUT2D eigenvalue weighted by Crippen LogP contribution is -2.53. The Hall–Kier alpha value is -3.24. The molecular weight excluding hydrogens is 468 g/mol. The van der Waals surface area contributed by atoms with Crippen LogP contribution in [0.3, 0.4) is 0 Å². The summed E-state index contributed by atoms with van der Waals surface area (Å²) in [5, 5.41) is 0. The molecule has 186 valence electrons. The predicted octanol–water partition coefficient (Wildman–Crippen LogP) is 2.30. The second kappa shape index (κ2) is 9.43. The number of urea groups is 1. The van der Waals surface area contributed by atoms with Gasteiger partial charge in [0.25, 0.3) is 5.91 Å². The fourth-order valence-corrected chi connectivity index (χ4v) is 5.86. The van der Waals surface area contributed by atoms with Crippen molar-refractivity contribution in [2.24, 2.45) is 0 Å². The van der Waals surface area contributed by atoms with Gasteiger partial charge in [-0.3, -0.25) is 19.4 Å². The van der Waals surface area contributed by atoms with Gasteiger partial charge in [-0.15, -0.1) is 0 Å². The third-order valence-electron chi connectivity index (χ3n) is 6.76. The van der Waals surface area contributed by atoms with Crippen LogP contribution in [0.25, 0.3) is 0 Å². The molecule has 9 nitrogen and oxygen atoms in total. The summed E-state index contributed by atoms with van der Waals surface area (Å²) in [4.78, 5) is 42.8. The molecule has 4 rings (SSSR count). The molecule has 2 fully saturated rings. The second-order valence-corrected chi connectivity index (χ2v) is 11.1. The molecule has 4 amide bonds. The Morgan fingerprint density at radius 2 is 1.54 bits per heavy atom. The highest BCUT2D eigenvalue weighted by Crippen LogP contribution is 2.26. The number of carbonyl (C=O) groups is 3. The zero-order valence-electron chi connectivity index (χ0n) is 20.4. The number of nitrogens with zero attached hydrogens (tertiary/aromatic N) is 4. The summed E-state index contributed by atoms with van der Waals surface area (Å²) in [6.45, 7) is 7.67. The third kappa shape index (κ3) is 4.68. The molecular formula is C25H30N4O5S. The van der Waals surface area contributed by atoms with E-state index in [1.165, 1.54) is 14.1 Å². The van der Waals surface area contributed by atoms with Crippen molar-refractivity contribution in [2.75, 3.05) is 37.6 Å². The highest BCUT2D eigenvalue weighted by molar-refractivity contribution is 7.89. The van der Waals surface area contributed by atoms with Crippen LogP contribution in [0.2, 0.25) is 0 Å². The van der Waals surface area contributed by atoms with Gasteiger partial charge in [0.05, 0.1) is 4.90 Å². The average Bonchev–Trinajstić information content (AvgIpc) is 3.04. The summed E-state index contributed by atoms with van der Waals surface area (Å²) >= 11 is 0. The monoisotopic (exact) mass is 498 g/mol. The van der Waals surface area contributed by atoms with Crippen molar-refractivity contribution >= 4 is 33.6 Å². The largest absolute Gasteiger partial charge is 0.338 e. The fraction of sp³-hybridized carbons (Fsp3) is 0.400. The Kier molecular flexibility index (Phi) is 6.70. The van der Waals surface area contributed by atoms with Gasteiger partial charge in [-0.25, -0.2) is 13.2 Å². The molecule has 0 aliphatic carbocycles. The van der Waals surface area contributed by atoms with Crippen LogP contribution in [0.5, 0.6) is 0 Å². The van der Waals surface area contributed by atoms with E-state index >= 15 is 0 Å². The van der Waals surface area contributed by atoms with E-state index in [9.17, 15) is 22.8 Å². The molecule has 0 radical (unpaired) electrons. The number of hydrogen-bond acceptors (Lipinski definition) is 5. The van der Waals surface area contributed by atoms with Crippen LogP contribution in [0.15, 0.2) is 47.4 Å². The van der Waals surface area contributed by atoms with Crippen molar-refractivity contribution in [3.63, 3.8) is 0 Å². The lowest BCUT2D eigenvalue weighted by atomic mass is 10.1. The molecule has 1 unspecified atom stereocenters. The summed E-state index contributed by atoms with van der Waals surface area (Å²) in [6, 6.07) is 11.1. The number of anilines is 1. The highest BCUT2D eigenvalue weighted by Gasteiger charge is 2.44. The number of hydrogen-bond donors (Lipinski definition) is 0. The summed E-state index contributed by atoms with van der Waals surface area (Å²) < 4.78 is 27.4. The van der Waals surface area contributed by atoms with Crippen LogP contribution in [0.4, 0.5) is 10.5 Å². The molecule has 2 aromatic carbocycles. The maximum Gasteiger partial charge on any atom is 0.332 e. The quantitative estimate of drug-likeness (QED) is 0.589. The smallest absolute Gasteiger partial charge is 0.332 e. The zero-order chi connectivity index (χ0) is 25.5. The van der Waals surface area contributed by atoms with E-state index in [2.05, 4.69) is 0 Å². The molecule has 1 atom stereocenters. The summed E-state index contributed by atoms with van der Waals surface area (Å²) in [5.41, 5.74) is 3.54. The van der Waals surface area contributed by atoms with Crippen molar-refractivity contribution in [3.8, 4) is 0 Å². The van der Waals surface area contributed by atoms with E-state index in [1.54, 1.807) is 37.3 Å². The molecule has 2 aromatic rings. The van der Waals surface area contributed by atoms with Crippen molar-refractivity contribution in [1.82, 2.24) is 14.1 Å². The molecule has 0 aromatic heterocycles. The zero-order valence-corrected chi connectivity index (χ0v) is 21.2. The molecule has 2 saturated heterocycles. The maximum absolute atomic E-state index is 13.0. The number of benzene rings is 2. The fourth-order valence-electron chi connectivity index (χ4n) is 4.35. The SMILES string of the molecule is Cc1ccc(N2C(=O)N(CC(=O)N3CCN(S(=O)(=O)c4ccc(C)c(C)c4)CC3)C(=O)C2C)cc1. The molecule has 0 spiro atoms. The highest BCUT2D eigenvalue weighted by atomic mass is 32.2. The Morgan fingerprint density at radius 3 is 2.14 bits per heavy atom. The van der Waals surface area contributed by atoms with E-state index in [4.69, 9.17) is 0 Å². The number of rotatable bonds is 5. The van der Waals surface area contributed by atoms with Gasteiger partial charge < -0.3 is 4.90 Å². The number of aryl methyl sites for hydroxylation is 3. The average molecular weight is 499 g/mol. The molecule has 0 N–H and O–H groups in total. The van der Waals surface area contributed by atoms with E-state index in [-0.39, 0.29) is 43.5 Å². The molecule has 2 aliphatic heterocycles. The third-order valence-corrected chi connectivity index (χ3v) is 8.66. The normalized spacial score (nSPS) is 19.5. The van der Waals surface area contributed by atoms with E-state index in [0.29, 0.717) is 5.69 Å². The van der Waals surface area contributed by atoms with Crippen LogP contribution >= 0.6 is 0 Å². The number of imide groups is 1. The minimum atomic E-state index is -3.67.